The fourth-order valence-electron chi connectivity index (χ4n) is 1.97. The first kappa shape index (κ1) is 15.3. The first-order valence-corrected chi connectivity index (χ1v) is 7.13. The molecule has 0 amide bonds. The summed E-state index contributed by atoms with van der Waals surface area (Å²) in [5, 5.41) is 3.18. The fraction of sp³-hybridized carbons (Fsp3) is 0.294. The summed E-state index contributed by atoms with van der Waals surface area (Å²) in [5.74, 6) is 1.67. The van der Waals surface area contributed by atoms with Crippen LogP contribution in [0.2, 0.25) is 0 Å². The van der Waals surface area contributed by atoms with E-state index in [9.17, 15) is 4.39 Å². The second-order valence-corrected chi connectivity index (χ2v) is 4.51. The molecule has 0 saturated heterocycles. The van der Waals surface area contributed by atoms with Gasteiger partial charge in [-0.1, -0.05) is 19.1 Å². The Morgan fingerprint density at radius 2 is 1.76 bits per heavy atom. The molecule has 0 radical (unpaired) electrons. The van der Waals surface area contributed by atoms with E-state index >= 15 is 0 Å². The topological polar surface area (TPSA) is 30.5 Å². The minimum Gasteiger partial charge on any atom is -0.490 e. The molecule has 0 fully saturated rings. The number of hydrogen-bond acceptors (Lipinski definition) is 3. The summed E-state index contributed by atoms with van der Waals surface area (Å²) in [6.07, 6.45) is 0. The van der Waals surface area contributed by atoms with Crippen LogP contribution in [0, 0.1) is 5.82 Å². The summed E-state index contributed by atoms with van der Waals surface area (Å²) in [6.45, 7) is 5.86. The highest BCUT2D eigenvalue weighted by molar-refractivity contribution is 5.45. The van der Waals surface area contributed by atoms with E-state index in [-0.39, 0.29) is 5.82 Å². The molecule has 112 valence electrons. The summed E-state index contributed by atoms with van der Waals surface area (Å²) in [6, 6.07) is 12.0. The molecule has 2 aromatic rings. The zero-order chi connectivity index (χ0) is 15.1. The van der Waals surface area contributed by atoms with E-state index in [1.54, 1.807) is 6.07 Å². The summed E-state index contributed by atoms with van der Waals surface area (Å²) in [4.78, 5) is 0. The van der Waals surface area contributed by atoms with Crippen LogP contribution in [-0.2, 0) is 6.54 Å². The maximum Gasteiger partial charge on any atom is 0.169 e. The van der Waals surface area contributed by atoms with Crippen LogP contribution in [0.5, 0.6) is 17.2 Å². The van der Waals surface area contributed by atoms with Crippen molar-refractivity contribution >= 4 is 0 Å². The molecule has 0 spiro atoms. The molecule has 21 heavy (non-hydrogen) atoms. The van der Waals surface area contributed by atoms with Crippen molar-refractivity contribution in [1.29, 1.82) is 0 Å². The number of rotatable bonds is 7. The van der Waals surface area contributed by atoms with Gasteiger partial charge in [-0.25, -0.2) is 4.39 Å². The van der Waals surface area contributed by atoms with Crippen molar-refractivity contribution in [2.24, 2.45) is 0 Å². The SMILES string of the molecule is CCNCc1cc(F)ccc1Oc1ccccc1OCC. The van der Waals surface area contributed by atoms with Gasteiger partial charge in [-0.3, -0.25) is 0 Å². The molecular weight excluding hydrogens is 269 g/mol. The van der Waals surface area contributed by atoms with Gasteiger partial charge in [0.2, 0.25) is 0 Å². The van der Waals surface area contributed by atoms with Gasteiger partial charge in [0.15, 0.2) is 11.5 Å². The monoisotopic (exact) mass is 289 g/mol. The Hall–Kier alpha value is -2.07. The predicted octanol–water partition coefficient (Wildman–Crippen LogP) is 4.13. The molecule has 2 rings (SSSR count). The van der Waals surface area contributed by atoms with Gasteiger partial charge in [0.05, 0.1) is 6.61 Å². The van der Waals surface area contributed by atoms with Crippen LogP contribution < -0.4 is 14.8 Å². The lowest BCUT2D eigenvalue weighted by Gasteiger charge is -2.14. The molecule has 0 bridgehead atoms. The first-order valence-electron chi connectivity index (χ1n) is 7.13. The number of benzene rings is 2. The van der Waals surface area contributed by atoms with Gasteiger partial charge in [0.25, 0.3) is 0 Å². The number of hydrogen-bond donors (Lipinski definition) is 1. The van der Waals surface area contributed by atoms with E-state index in [1.165, 1.54) is 12.1 Å². The number of para-hydroxylation sites is 2. The van der Waals surface area contributed by atoms with Crippen molar-refractivity contribution in [3.05, 3.63) is 53.8 Å². The number of nitrogens with one attached hydrogen (secondary N) is 1. The van der Waals surface area contributed by atoms with E-state index < -0.39 is 0 Å². The molecule has 0 atom stereocenters. The molecule has 0 unspecified atom stereocenters. The van der Waals surface area contributed by atoms with Gasteiger partial charge in [-0.05, 0) is 43.8 Å². The van der Waals surface area contributed by atoms with Gasteiger partial charge in [-0.15, -0.1) is 0 Å². The Kier molecular flexibility index (Phi) is 5.58. The largest absolute Gasteiger partial charge is 0.490 e. The molecule has 0 heterocycles. The Morgan fingerprint density at radius 3 is 2.48 bits per heavy atom. The highest BCUT2D eigenvalue weighted by Crippen LogP contribution is 2.33. The predicted molar refractivity (Wildman–Crippen MR) is 81.5 cm³/mol. The number of halogens is 1. The van der Waals surface area contributed by atoms with Crippen LogP contribution in [0.15, 0.2) is 42.5 Å². The molecule has 0 aliphatic heterocycles. The van der Waals surface area contributed by atoms with Crippen LogP contribution >= 0.6 is 0 Å². The van der Waals surface area contributed by atoms with Gasteiger partial charge >= 0.3 is 0 Å². The van der Waals surface area contributed by atoms with Crippen LogP contribution in [0.4, 0.5) is 4.39 Å². The highest BCUT2D eigenvalue weighted by Gasteiger charge is 2.10. The Morgan fingerprint density at radius 1 is 1.00 bits per heavy atom. The summed E-state index contributed by atoms with van der Waals surface area (Å²) in [7, 11) is 0. The van der Waals surface area contributed by atoms with Crippen LogP contribution in [0.25, 0.3) is 0 Å². The molecular formula is C17H20FNO2. The summed E-state index contributed by atoms with van der Waals surface area (Å²) in [5.41, 5.74) is 0.781. The molecule has 0 aromatic heterocycles. The van der Waals surface area contributed by atoms with Crippen LogP contribution in [0.1, 0.15) is 19.4 Å². The lowest BCUT2D eigenvalue weighted by molar-refractivity contribution is 0.320. The average molecular weight is 289 g/mol. The molecule has 0 saturated carbocycles. The normalized spacial score (nSPS) is 10.4. The van der Waals surface area contributed by atoms with E-state index in [2.05, 4.69) is 5.32 Å². The van der Waals surface area contributed by atoms with Crippen molar-refractivity contribution in [1.82, 2.24) is 5.32 Å². The third kappa shape index (κ3) is 4.20. The minimum absolute atomic E-state index is 0.270. The van der Waals surface area contributed by atoms with E-state index in [0.29, 0.717) is 30.4 Å². The molecule has 3 nitrogen and oxygen atoms in total. The summed E-state index contributed by atoms with van der Waals surface area (Å²) >= 11 is 0. The van der Waals surface area contributed by atoms with Crippen molar-refractivity contribution in [3.8, 4) is 17.2 Å². The molecule has 1 N–H and O–H groups in total. The Labute approximate surface area is 124 Å². The van der Waals surface area contributed by atoms with E-state index in [4.69, 9.17) is 9.47 Å². The summed E-state index contributed by atoms with van der Waals surface area (Å²) < 4.78 is 24.9. The number of ether oxygens (including phenoxy) is 2. The molecule has 0 aliphatic carbocycles. The molecule has 0 aliphatic rings. The fourth-order valence-corrected chi connectivity index (χ4v) is 1.97. The standard InChI is InChI=1S/C17H20FNO2/c1-3-19-12-13-11-14(18)9-10-15(13)21-17-8-6-5-7-16(17)20-4-2/h5-11,19H,3-4,12H2,1-2H3. The van der Waals surface area contributed by atoms with Crippen LogP contribution in [-0.4, -0.2) is 13.2 Å². The average Bonchev–Trinajstić information content (AvgIpc) is 2.49. The Balaban J connectivity index is 2.26. The lowest BCUT2D eigenvalue weighted by Crippen LogP contribution is -2.12. The first-order chi connectivity index (χ1) is 10.2. The quantitative estimate of drug-likeness (QED) is 0.831. The third-order valence-corrected chi connectivity index (χ3v) is 2.96. The Bertz CT molecular complexity index is 587. The zero-order valence-electron chi connectivity index (χ0n) is 12.4. The maximum atomic E-state index is 13.4. The van der Waals surface area contributed by atoms with Gasteiger partial charge in [0.1, 0.15) is 11.6 Å². The van der Waals surface area contributed by atoms with Gasteiger partial charge in [-0.2, -0.15) is 0 Å². The van der Waals surface area contributed by atoms with E-state index in [0.717, 1.165) is 12.1 Å². The minimum atomic E-state index is -0.270. The smallest absolute Gasteiger partial charge is 0.169 e. The van der Waals surface area contributed by atoms with Gasteiger partial charge in [0, 0.05) is 12.1 Å². The molecule has 2 aromatic carbocycles. The van der Waals surface area contributed by atoms with Crippen molar-refractivity contribution in [3.63, 3.8) is 0 Å². The second kappa shape index (κ2) is 7.64. The van der Waals surface area contributed by atoms with Crippen LogP contribution in [0.3, 0.4) is 0 Å². The highest BCUT2D eigenvalue weighted by atomic mass is 19.1. The molecule has 4 heteroatoms. The third-order valence-electron chi connectivity index (χ3n) is 2.96. The van der Waals surface area contributed by atoms with E-state index in [1.807, 2.05) is 38.1 Å². The van der Waals surface area contributed by atoms with Crippen molar-refractivity contribution < 1.29 is 13.9 Å². The van der Waals surface area contributed by atoms with Crippen molar-refractivity contribution in [2.75, 3.05) is 13.2 Å². The van der Waals surface area contributed by atoms with Crippen molar-refractivity contribution in [2.45, 2.75) is 20.4 Å². The second-order valence-electron chi connectivity index (χ2n) is 4.51. The van der Waals surface area contributed by atoms with Gasteiger partial charge < -0.3 is 14.8 Å². The maximum absolute atomic E-state index is 13.4. The zero-order valence-corrected chi connectivity index (χ0v) is 12.4. The lowest BCUT2D eigenvalue weighted by atomic mass is 10.2.